The van der Waals surface area contributed by atoms with Crippen LogP contribution in [0.1, 0.15) is 41.5 Å². The van der Waals surface area contributed by atoms with Gasteiger partial charge in [-0.15, -0.1) is 0 Å². The Labute approximate surface area is 107 Å². The van der Waals surface area contributed by atoms with E-state index in [1.807, 2.05) is 23.9 Å². The van der Waals surface area contributed by atoms with Gasteiger partial charge in [0.1, 0.15) is 0 Å². The van der Waals surface area contributed by atoms with E-state index in [4.69, 9.17) is 0 Å². The summed E-state index contributed by atoms with van der Waals surface area (Å²) in [6, 6.07) is 3.97. The molecule has 18 heavy (non-hydrogen) atoms. The molecule has 0 N–H and O–H groups in total. The van der Waals surface area contributed by atoms with Crippen LogP contribution in [0.3, 0.4) is 0 Å². The molecule has 2 heterocycles. The molecule has 2 aromatic heterocycles. The second kappa shape index (κ2) is 5.12. The fourth-order valence-electron chi connectivity index (χ4n) is 1.81. The van der Waals surface area contributed by atoms with Crippen LogP contribution in [-0.4, -0.2) is 20.5 Å². The van der Waals surface area contributed by atoms with Gasteiger partial charge < -0.3 is 0 Å². The van der Waals surface area contributed by atoms with E-state index in [2.05, 4.69) is 23.9 Å². The number of aryl methyl sites for hydroxylation is 1. The number of carbonyl (C=O) groups excluding carboxylic acids is 1. The van der Waals surface area contributed by atoms with Crippen molar-refractivity contribution in [1.82, 2.24) is 14.8 Å². The minimum absolute atomic E-state index is 0.0870. The normalized spacial score (nSPS) is 10.9. The van der Waals surface area contributed by atoms with E-state index in [1.54, 1.807) is 18.5 Å². The number of Topliss-reactive ketones (excluding diaryl/α,β-unsaturated/α-hetero) is 1. The number of pyridine rings is 1. The zero-order valence-corrected chi connectivity index (χ0v) is 10.9. The Morgan fingerprint density at radius 3 is 2.78 bits per heavy atom. The molecule has 0 aromatic carbocycles. The number of hydrogen-bond donors (Lipinski definition) is 0. The highest BCUT2D eigenvalue weighted by Crippen LogP contribution is 2.11. The number of rotatable bonds is 4. The van der Waals surface area contributed by atoms with Gasteiger partial charge in [0.2, 0.25) is 0 Å². The van der Waals surface area contributed by atoms with Crippen LogP contribution in [0.4, 0.5) is 0 Å². The van der Waals surface area contributed by atoms with E-state index in [0.717, 1.165) is 16.8 Å². The van der Waals surface area contributed by atoms with Gasteiger partial charge in [-0.25, -0.2) is 0 Å². The van der Waals surface area contributed by atoms with Gasteiger partial charge in [0.05, 0.1) is 12.1 Å². The largest absolute Gasteiger partial charge is 0.294 e. The minimum Gasteiger partial charge on any atom is -0.294 e. The summed E-state index contributed by atoms with van der Waals surface area (Å²) in [6.45, 7) is 6.02. The van der Waals surface area contributed by atoms with Crippen molar-refractivity contribution >= 4 is 5.78 Å². The average Bonchev–Trinajstić information content (AvgIpc) is 2.78. The highest BCUT2D eigenvalue weighted by molar-refractivity contribution is 5.98. The maximum atomic E-state index is 12.1. The van der Waals surface area contributed by atoms with E-state index in [0.29, 0.717) is 12.5 Å². The predicted molar refractivity (Wildman–Crippen MR) is 69.6 cm³/mol. The first-order valence-corrected chi connectivity index (χ1v) is 6.06. The summed E-state index contributed by atoms with van der Waals surface area (Å²) in [5, 5.41) is 4.39. The van der Waals surface area contributed by atoms with E-state index >= 15 is 0 Å². The third-order valence-electron chi connectivity index (χ3n) is 2.86. The van der Waals surface area contributed by atoms with Gasteiger partial charge in [-0.1, -0.05) is 0 Å². The first kappa shape index (κ1) is 12.5. The van der Waals surface area contributed by atoms with Crippen LogP contribution in [0.15, 0.2) is 30.7 Å². The third kappa shape index (κ3) is 2.64. The zero-order chi connectivity index (χ0) is 13.1. The summed E-state index contributed by atoms with van der Waals surface area (Å²) in [5.74, 6) is 0.0870. The molecule has 0 aliphatic carbocycles. The Morgan fingerprint density at radius 2 is 2.17 bits per heavy atom. The van der Waals surface area contributed by atoms with E-state index in [-0.39, 0.29) is 5.78 Å². The number of aromatic nitrogens is 3. The van der Waals surface area contributed by atoms with Crippen molar-refractivity contribution in [2.75, 3.05) is 0 Å². The highest BCUT2D eigenvalue weighted by Gasteiger charge is 2.12. The molecule has 94 valence electrons. The lowest BCUT2D eigenvalue weighted by Gasteiger charge is -2.04. The number of hydrogen-bond acceptors (Lipinski definition) is 3. The first-order chi connectivity index (χ1) is 8.58. The van der Waals surface area contributed by atoms with Crippen LogP contribution in [-0.2, 0) is 6.42 Å². The molecule has 0 radical (unpaired) electrons. The molecule has 0 saturated heterocycles. The maximum Gasteiger partial charge on any atom is 0.169 e. The van der Waals surface area contributed by atoms with Crippen molar-refractivity contribution in [2.45, 2.75) is 33.2 Å². The Morgan fingerprint density at radius 1 is 1.39 bits per heavy atom. The predicted octanol–water partition coefficient (Wildman–Crippen LogP) is 2.59. The van der Waals surface area contributed by atoms with E-state index in [1.165, 1.54) is 0 Å². The number of nitrogens with zero attached hydrogens (tertiary/aromatic N) is 3. The molecule has 0 fully saturated rings. The smallest absolute Gasteiger partial charge is 0.169 e. The second-order valence-electron chi connectivity index (χ2n) is 4.67. The average molecular weight is 243 g/mol. The highest BCUT2D eigenvalue weighted by atomic mass is 16.1. The lowest BCUT2D eigenvalue weighted by atomic mass is 10.0. The molecule has 0 bridgehead atoms. The van der Waals surface area contributed by atoms with Crippen molar-refractivity contribution in [3.63, 3.8) is 0 Å². The van der Waals surface area contributed by atoms with Crippen molar-refractivity contribution in [1.29, 1.82) is 0 Å². The molecular weight excluding hydrogens is 226 g/mol. The lowest BCUT2D eigenvalue weighted by Crippen LogP contribution is -2.08. The molecule has 2 aromatic rings. The Hall–Kier alpha value is -1.97. The van der Waals surface area contributed by atoms with Crippen LogP contribution in [0.2, 0.25) is 0 Å². The Kier molecular flexibility index (Phi) is 3.55. The molecule has 4 nitrogen and oxygen atoms in total. The second-order valence-corrected chi connectivity index (χ2v) is 4.67. The van der Waals surface area contributed by atoms with E-state index < -0.39 is 0 Å². The summed E-state index contributed by atoms with van der Waals surface area (Å²) in [4.78, 5) is 16.1. The minimum atomic E-state index is 0.0870. The molecule has 0 spiro atoms. The SMILES string of the molecule is Cc1cnccc1C(=O)Cc1ccn(C(C)C)n1. The molecular formula is C14H17N3O. The van der Waals surface area contributed by atoms with Crippen LogP contribution in [0.25, 0.3) is 0 Å². The summed E-state index contributed by atoms with van der Waals surface area (Å²) >= 11 is 0. The zero-order valence-electron chi connectivity index (χ0n) is 10.9. The number of ketones is 1. The molecule has 0 amide bonds. The van der Waals surface area contributed by atoms with Gasteiger partial charge in [-0.3, -0.25) is 14.5 Å². The van der Waals surface area contributed by atoms with Crippen molar-refractivity contribution in [3.05, 3.63) is 47.5 Å². The van der Waals surface area contributed by atoms with Gasteiger partial charge >= 0.3 is 0 Å². The molecule has 0 aliphatic heterocycles. The molecule has 0 aliphatic rings. The standard InChI is InChI=1S/C14H17N3O/c1-10(2)17-7-5-12(16-17)8-14(18)13-4-6-15-9-11(13)3/h4-7,9-10H,8H2,1-3H3. The topological polar surface area (TPSA) is 47.8 Å². The summed E-state index contributed by atoms with van der Waals surface area (Å²) in [7, 11) is 0. The van der Waals surface area contributed by atoms with Crippen molar-refractivity contribution in [3.8, 4) is 0 Å². The first-order valence-electron chi connectivity index (χ1n) is 6.06. The molecule has 0 atom stereocenters. The van der Waals surface area contributed by atoms with Gasteiger partial charge in [-0.05, 0) is 38.5 Å². The van der Waals surface area contributed by atoms with Gasteiger partial charge in [0.25, 0.3) is 0 Å². The van der Waals surface area contributed by atoms with Crippen LogP contribution >= 0.6 is 0 Å². The van der Waals surface area contributed by atoms with Crippen LogP contribution < -0.4 is 0 Å². The van der Waals surface area contributed by atoms with Gasteiger partial charge in [0.15, 0.2) is 5.78 Å². The molecule has 4 heteroatoms. The van der Waals surface area contributed by atoms with Crippen molar-refractivity contribution in [2.24, 2.45) is 0 Å². The number of carbonyl (C=O) groups is 1. The third-order valence-corrected chi connectivity index (χ3v) is 2.86. The van der Waals surface area contributed by atoms with Gasteiger partial charge in [0, 0.05) is 30.2 Å². The maximum absolute atomic E-state index is 12.1. The molecule has 0 saturated carbocycles. The lowest BCUT2D eigenvalue weighted by molar-refractivity contribution is 0.0991. The summed E-state index contributed by atoms with van der Waals surface area (Å²) in [6.07, 6.45) is 5.60. The van der Waals surface area contributed by atoms with Crippen LogP contribution in [0, 0.1) is 6.92 Å². The monoisotopic (exact) mass is 243 g/mol. The molecule has 0 unspecified atom stereocenters. The van der Waals surface area contributed by atoms with Crippen molar-refractivity contribution < 1.29 is 4.79 Å². The quantitative estimate of drug-likeness (QED) is 0.775. The Balaban J connectivity index is 2.14. The fraction of sp³-hybridized carbons (Fsp3) is 0.357. The Bertz CT molecular complexity index is 558. The van der Waals surface area contributed by atoms with E-state index in [9.17, 15) is 4.79 Å². The molecule has 2 rings (SSSR count). The fourth-order valence-corrected chi connectivity index (χ4v) is 1.81. The summed E-state index contributed by atoms with van der Waals surface area (Å²) in [5.41, 5.74) is 2.44. The van der Waals surface area contributed by atoms with Gasteiger partial charge in [-0.2, -0.15) is 5.10 Å². The van der Waals surface area contributed by atoms with Crippen LogP contribution in [0.5, 0.6) is 0 Å². The summed E-state index contributed by atoms with van der Waals surface area (Å²) < 4.78 is 1.86.